The molecule has 1 amide bonds. The highest BCUT2D eigenvalue weighted by Crippen LogP contribution is 2.34. The van der Waals surface area contributed by atoms with Crippen molar-refractivity contribution in [1.82, 2.24) is 5.32 Å². The number of nitrogens with one attached hydrogen (secondary N) is 2. The number of anilines is 1. The third-order valence-electron chi connectivity index (χ3n) is 5.24. The van der Waals surface area contributed by atoms with Crippen molar-refractivity contribution < 1.29 is 18.7 Å². The zero-order valence-electron chi connectivity index (χ0n) is 19.1. The molecule has 0 spiro atoms. The fraction of sp³-hybridized carbons (Fsp3) is 0.222. The van der Waals surface area contributed by atoms with Crippen LogP contribution in [0.4, 0.5) is 10.1 Å². The number of halogens is 1. The number of carbonyl (C=O) groups is 1. The summed E-state index contributed by atoms with van der Waals surface area (Å²) in [6, 6.07) is 20.0. The van der Waals surface area contributed by atoms with Gasteiger partial charge in [-0.3, -0.25) is 4.79 Å². The summed E-state index contributed by atoms with van der Waals surface area (Å²) in [4.78, 5) is 13.1. The molecule has 1 heterocycles. The van der Waals surface area contributed by atoms with Crippen molar-refractivity contribution >= 4 is 29.4 Å². The number of ether oxygens (including phenoxy) is 2. The highest BCUT2D eigenvalue weighted by atomic mass is 32.2. The molecular formula is C27H27FN2O3S. The molecule has 0 saturated carbocycles. The molecule has 0 aromatic heterocycles. The number of benzene rings is 3. The van der Waals surface area contributed by atoms with Crippen LogP contribution in [0.5, 0.6) is 11.5 Å². The lowest BCUT2D eigenvalue weighted by Gasteiger charge is -2.13. The van der Waals surface area contributed by atoms with E-state index < -0.39 is 0 Å². The quantitative estimate of drug-likeness (QED) is 0.371. The number of hydrogen-bond acceptors (Lipinski definition) is 5. The Kier molecular flexibility index (Phi) is 7.75. The Labute approximate surface area is 203 Å². The van der Waals surface area contributed by atoms with Crippen LogP contribution in [0.1, 0.15) is 30.5 Å². The zero-order valence-corrected chi connectivity index (χ0v) is 20.0. The van der Waals surface area contributed by atoms with Gasteiger partial charge in [0.1, 0.15) is 12.4 Å². The van der Waals surface area contributed by atoms with Crippen LogP contribution < -0.4 is 20.1 Å². The molecule has 0 radical (unpaired) electrons. The Bertz CT molecular complexity index is 1180. The first-order valence-electron chi connectivity index (χ1n) is 11.2. The topological polar surface area (TPSA) is 59.6 Å². The summed E-state index contributed by atoms with van der Waals surface area (Å²) < 4.78 is 25.0. The van der Waals surface area contributed by atoms with Gasteiger partial charge in [0.2, 0.25) is 0 Å². The summed E-state index contributed by atoms with van der Waals surface area (Å²) >= 11 is 1.43. The van der Waals surface area contributed by atoms with E-state index in [0.717, 1.165) is 23.2 Å². The first-order valence-corrected chi connectivity index (χ1v) is 12.1. The van der Waals surface area contributed by atoms with Crippen molar-refractivity contribution in [2.45, 2.75) is 32.4 Å². The molecule has 5 nitrogen and oxygen atoms in total. The SMILES string of the molecule is CCOc1cc(/C=C2\S[C@@H](Nc3ccc(CC)cc3)NC2=O)ccc1OCc1cccc(F)c1. The van der Waals surface area contributed by atoms with Gasteiger partial charge in [0, 0.05) is 5.69 Å². The van der Waals surface area contributed by atoms with Gasteiger partial charge >= 0.3 is 0 Å². The highest BCUT2D eigenvalue weighted by Gasteiger charge is 2.27. The number of amides is 1. The van der Waals surface area contributed by atoms with Crippen molar-refractivity contribution in [2.75, 3.05) is 11.9 Å². The monoisotopic (exact) mass is 478 g/mol. The molecule has 3 aromatic carbocycles. The van der Waals surface area contributed by atoms with Gasteiger partial charge < -0.3 is 20.1 Å². The summed E-state index contributed by atoms with van der Waals surface area (Å²) in [7, 11) is 0. The second kappa shape index (κ2) is 11.1. The van der Waals surface area contributed by atoms with Crippen molar-refractivity contribution in [3.05, 3.63) is 94.1 Å². The van der Waals surface area contributed by atoms with Crippen LogP contribution in [0.15, 0.2) is 71.6 Å². The van der Waals surface area contributed by atoms with E-state index in [9.17, 15) is 9.18 Å². The van der Waals surface area contributed by atoms with Gasteiger partial charge in [0.15, 0.2) is 17.0 Å². The van der Waals surface area contributed by atoms with Gasteiger partial charge in [0.05, 0.1) is 11.5 Å². The predicted octanol–water partition coefficient (Wildman–Crippen LogP) is 5.97. The molecule has 176 valence electrons. The molecule has 1 fully saturated rings. The van der Waals surface area contributed by atoms with Crippen molar-refractivity contribution in [1.29, 1.82) is 0 Å². The zero-order chi connectivity index (χ0) is 23.9. The molecule has 0 unspecified atom stereocenters. The first-order chi connectivity index (χ1) is 16.5. The minimum absolute atomic E-state index is 0.128. The molecule has 7 heteroatoms. The maximum atomic E-state index is 13.4. The summed E-state index contributed by atoms with van der Waals surface area (Å²) in [5.74, 6) is 0.706. The van der Waals surface area contributed by atoms with Crippen LogP contribution in [0.3, 0.4) is 0 Å². The van der Waals surface area contributed by atoms with Gasteiger partial charge in [-0.05, 0) is 72.5 Å². The third-order valence-corrected chi connectivity index (χ3v) is 6.27. The van der Waals surface area contributed by atoms with Gasteiger partial charge in [-0.15, -0.1) is 0 Å². The van der Waals surface area contributed by atoms with E-state index in [2.05, 4.69) is 29.7 Å². The minimum atomic E-state index is -0.300. The molecule has 3 aromatic rings. The number of carbonyl (C=O) groups excluding carboxylic acids is 1. The standard InChI is InChI=1S/C27H27FN2O3S/c1-3-18-8-11-22(12-9-18)29-27-30-26(31)25(34-27)16-19-10-13-23(24(15-19)32-4-2)33-17-20-6-5-7-21(28)14-20/h5-16,27,29H,3-4,17H2,1-2H3,(H,30,31)/b25-16-/t27-/m0/s1. The first kappa shape index (κ1) is 23.7. The predicted molar refractivity (Wildman–Crippen MR) is 135 cm³/mol. The van der Waals surface area contributed by atoms with Crippen molar-refractivity contribution in [3.8, 4) is 11.5 Å². The summed E-state index contributed by atoms with van der Waals surface area (Å²) in [5.41, 5.74) is 3.53. The van der Waals surface area contributed by atoms with Crippen LogP contribution in [-0.4, -0.2) is 18.0 Å². The molecule has 1 saturated heterocycles. The van der Waals surface area contributed by atoms with E-state index in [1.165, 1.54) is 29.5 Å². The Morgan fingerprint density at radius 2 is 1.82 bits per heavy atom. The lowest BCUT2D eigenvalue weighted by molar-refractivity contribution is -0.116. The maximum absolute atomic E-state index is 13.4. The lowest BCUT2D eigenvalue weighted by atomic mass is 10.1. The van der Waals surface area contributed by atoms with E-state index in [4.69, 9.17) is 9.47 Å². The van der Waals surface area contributed by atoms with E-state index in [0.29, 0.717) is 23.0 Å². The third kappa shape index (κ3) is 6.11. The Morgan fingerprint density at radius 3 is 2.56 bits per heavy atom. The molecule has 34 heavy (non-hydrogen) atoms. The molecular weight excluding hydrogens is 451 g/mol. The van der Waals surface area contributed by atoms with Gasteiger partial charge in [-0.25, -0.2) is 4.39 Å². The fourth-order valence-electron chi connectivity index (χ4n) is 3.49. The van der Waals surface area contributed by atoms with Crippen LogP contribution in [-0.2, 0) is 17.8 Å². The van der Waals surface area contributed by atoms with Crippen LogP contribution in [0, 0.1) is 5.82 Å². The minimum Gasteiger partial charge on any atom is -0.490 e. The Balaban J connectivity index is 1.44. The van der Waals surface area contributed by atoms with E-state index in [1.807, 2.05) is 37.3 Å². The highest BCUT2D eigenvalue weighted by molar-refractivity contribution is 8.05. The number of thioether (sulfide) groups is 1. The molecule has 0 bridgehead atoms. The second-order valence-corrected chi connectivity index (χ2v) is 8.88. The average molecular weight is 479 g/mol. The Hall–Kier alpha value is -3.45. The molecule has 1 atom stereocenters. The van der Waals surface area contributed by atoms with E-state index in [1.54, 1.807) is 18.2 Å². The number of aryl methyl sites for hydroxylation is 1. The maximum Gasteiger partial charge on any atom is 0.260 e. The second-order valence-electron chi connectivity index (χ2n) is 7.73. The van der Waals surface area contributed by atoms with Gasteiger partial charge in [0.25, 0.3) is 5.91 Å². The van der Waals surface area contributed by atoms with Crippen LogP contribution >= 0.6 is 11.8 Å². The summed E-state index contributed by atoms with van der Waals surface area (Å²) in [6.07, 6.45) is 2.82. The molecule has 2 N–H and O–H groups in total. The molecule has 1 aliphatic rings. The smallest absolute Gasteiger partial charge is 0.260 e. The van der Waals surface area contributed by atoms with Crippen LogP contribution in [0.2, 0.25) is 0 Å². The van der Waals surface area contributed by atoms with Gasteiger partial charge in [-0.2, -0.15) is 0 Å². The fourth-order valence-corrected chi connectivity index (χ4v) is 4.48. The molecule has 0 aliphatic carbocycles. The molecule has 4 rings (SSSR count). The molecule has 1 aliphatic heterocycles. The normalized spacial score (nSPS) is 16.4. The Morgan fingerprint density at radius 1 is 1.00 bits per heavy atom. The van der Waals surface area contributed by atoms with E-state index >= 15 is 0 Å². The van der Waals surface area contributed by atoms with E-state index in [-0.39, 0.29) is 23.8 Å². The van der Waals surface area contributed by atoms with Crippen molar-refractivity contribution in [3.63, 3.8) is 0 Å². The van der Waals surface area contributed by atoms with Crippen LogP contribution in [0.25, 0.3) is 6.08 Å². The number of rotatable bonds is 9. The summed E-state index contributed by atoms with van der Waals surface area (Å²) in [5, 5.41) is 6.29. The largest absolute Gasteiger partial charge is 0.490 e. The van der Waals surface area contributed by atoms with Crippen molar-refractivity contribution in [2.24, 2.45) is 0 Å². The van der Waals surface area contributed by atoms with Gasteiger partial charge in [-0.1, -0.05) is 49.0 Å². The summed E-state index contributed by atoms with van der Waals surface area (Å²) in [6.45, 7) is 4.70. The lowest BCUT2D eigenvalue weighted by Crippen LogP contribution is -2.30. The number of hydrogen-bond donors (Lipinski definition) is 2. The average Bonchev–Trinajstić information content (AvgIpc) is 3.17.